The normalized spacial score (nSPS) is 22.8. The maximum absolute atomic E-state index is 12.2. The number of hydrogen-bond donors (Lipinski definition) is 2. The Morgan fingerprint density at radius 3 is 2.92 bits per heavy atom. The van der Waals surface area contributed by atoms with Crippen LogP contribution in [0.2, 0.25) is 0 Å². The van der Waals surface area contributed by atoms with Crippen molar-refractivity contribution >= 4 is 5.91 Å². The third kappa shape index (κ3) is 4.75. The number of aromatic nitrogens is 3. The molecule has 8 nitrogen and oxygen atoms in total. The van der Waals surface area contributed by atoms with E-state index >= 15 is 0 Å². The summed E-state index contributed by atoms with van der Waals surface area (Å²) in [6.07, 6.45) is 5.24. The van der Waals surface area contributed by atoms with Gasteiger partial charge in [0.05, 0.1) is 12.7 Å². The van der Waals surface area contributed by atoms with Crippen molar-refractivity contribution < 1.29 is 4.79 Å². The highest BCUT2D eigenvalue weighted by Crippen LogP contribution is 2.16. The number of nitrogens with one attached hydrogen (secondary N) is 2. The summed E-state index contributed by atoms with van der Waals surface area (Å²) >= 11 is 0. The molecule has 2 saturated heterocycles. The summed E-state index contributed by atoms with van der Waals surface area (Å²) < 4.78 is 1.77. The zero-order valence-electron chi connectivity index (χ0n) is 14.6. The molecule has 0 spiro atoms. The van der Waals surface area contributed by atoms with Gasteiger partial charge in [0, 0.05) is 45.3 Å². The van der Waals surface area contributed by atoms with Crippen molar-refractivity contribution in [3.63, 3.8) is 0 Å². The van der Waals surface area contributed by atoms with E-state index in [0.717, 1.165) is 45.7 Å². The Balaban J connectivity index is 1.38. The monoisotopic (exact) mass is 335 g/mol. The average molecular weight is 335 g/mol. The van der Waals surface area contributed by atoms with Crippen LogP contribution in [0, 0.1) is 0 Å². The van der Waals surface area contributed by atoms with E-state index in [9.17, 15) is 4.79 Å². The van der Waals surface area contributed by atoms with Crippen molar-refractivity contribution in [3.8, 4) is 0 Å². The van der Waals surface area contributed by atoms with Crippen molar-refractivity contribution in [1.29, 1.82) is 0 Å². The van der Waals surface area contributed by atoms with Gasteiger partial charge in [0.1, 0.15) is 0 Å². The Labute approximate surface area is 143 Å². The van der Waals surface area contributed by atoms with Gasteiger partial charge in [0.25, 0.3) is 5.91 Å². The molecule has 24 heavy (non-hydrogen) atoms. The number of hydrogen-bond acceptors (Lipinski definition) is 6. The van der Waals surface area contributed by atoms with Gasteiger partial charge in [0.15, 0.2) is 5.69 Å². The number of likely N-dealkylation sites (tertiary alicyclic amines) is 1. The van der Waals surface area contributed by atoms with Crippen molar-refractivity contribution in [1.82, 2.24) is 35.4 Å². The molecule has 0 saturated carbocycles. The maximum atomic E-state index is 12.2. The molecular formula is C16H29N7O. The van der Waals surface area contributed by atoms with E-state index in [1.54, 1.807) is 10.9 Å². The molecule has 2 aliphatic heterocycles. The zero-order chi connectivity index (χ0) is 16.8. The third-order valence-electron chi connectivity index (χ3n) is 5.06. The Hall–Kier alpha value is -1.51. The van der Waals surface area contributed by atoms with Crippen LogP contribution in [0.3, 0.4) is 0 Å². The molecule has 1 amide bonds. The lowest BCUT2D eigenvalue weighted by molar-refractivity contribution is 0.0945. The summed E-state index contributed by atoms with van der Waals surface area (Å²) in [5, 5.41) is 14.4. The zero-order valence-corrected chi connectivity index (χ0v) is 14.6. The first-order valence-corrected chi connectivity index (χ1v) is 9.04. The van der Waals surface area contributed by atoms with Crippen LogP contribution in [-0.4, -0.2) is 89.6 Å². The third-order valence-corrected chi connectivity index (χ3v) is 5.06. The lowest BCUT2D eigenvalue weighted by Gasteiger charge is -2.26. The van der Waals surface area contributed by atoms with Gasteiger partial charge in [-0.25, -0.2) is 0 Å². The smallest absolute Gasteiger partial charge is 0.273 e. The van der Waals surface area contributed by atoms with E-state index in [4.69, 9.17) is 0 Å². The van der Waals surface area contributed by atoms with Gasteiger partial charge in [-0.15, -0.1) is 5.10 Å². The van der Waals surface area contributed by atoms with Crippen LogP contribution >= 0.6 is 0 Å². The van der Waals surface area contributed by atoms with Gasteiger partial charge >= 0.3 is 0 Å². The molecule has 2 N–H and O–H groups in total. The molecule has 8 heteroatoms. The van der Waals surface area contributed by atoms with Crippen molar-refractivity contribution in [3.05, 3.63) is 11.9 Å². The van der Waals surface area contributed by atoms with Crippen molar-refractivity contribution in [2.75, 3.05) is 52.9 Å². The minimum Gasteiger partial charge on any atom is -0.351 e. The SMILES string of the molecule is CN1CCC[C@@H]1CCNC(=O)c1cn(CCN2CCNCC2)nn1. The largest absolute Gasteiger partial charge is 0.351 e. The van der Waals surface area contributed by atoms with Crippen LogP contribution < -0.4 is 10.6 Å². The van der Waals surface area contributed by atoms with Gasteiger partial charge in [-0.3, -0.25) is 14.4 Å². The number of piperazine rings is 1. The highest BCUT2D eigenvalue weighted by Gasteiger charge is 2.20. The quantitative estimate of drug-likeness (QED) is 0.693. The van der Waals surface area contributed by atoms with Gasteiger partial charge in [-0.05, 0) is 32.9 Å². The first-order chi connectivity index (χ1) is 11.7. The van der Waals surface area contributed by atoms with Crippen LogP contribution in [0.4, 0.5) is 0 Å². The molecule has 3 heterocycles. The van der Waals surface area contributed by atoms with Crippen molar-refractivity contribution in [2.45, 2.75) is 31.8 Å². The van der Waals surface area contributed by atoms with Crippen molar-refractivity contribution in [2.24, 2.45) is 0 Å². The number of carbonyl (C=O) groups excluding carboxylic acids is 1. The molecule has 3 rings (SSSR count). The van der Waals surface area contributed by atoms with Gasteiger partial charge in [-0.2, -0.15) is 0 Å². The maximum Gasteiger partial charge on any atom is 0.273 e. The van der Waals surface area contributed by atoms with Gasteiger partial charge in [-0.1, -0.05) is 5.21 Å². The molecule has 1 aromatic heterocycles. The number of nitrogens with zero attached hydrogens (tertiary/aromatic N) is 5. The van der Waals surface area contributed by atoms with Gasteiger partial charge in [0.2, 0.25) is 0 Å². The molecule has 0 unspecified atom stereocenters. The molecule has 2 fully saturated rings. The predicted molar refractivity (Wildman–Crippen MR) is 91.9 cm³/mol. The van der Waals surface area contributed by atoms with E-state index in [1.807, 2.05) is 0 Å². The highest BCUT2D eigenvalue weighted by atomic mass is 16.2. The highest BCUT2D eigenvalue weighted by molar-refractivity contribution is 5.91. The Morgan fingerprint density at radius 2 is 2.17 bits per heavy atom. The molecule has 1 aromatic rings. The Kier molecular flexibility index (Phi) is 6.17. The second kappa shape index (κ2) is 8.55. The van der Waals surface area contributed by atoms with Crippen LogP contribution in [0.15, 0.2) is 6.20 Å². The molecule has 0 radical (unpaired) electrons. The van der Waals surface area contributed by atoms with E-state index < -0.39 is 0 Å². The lowest BCUT2D eigenvalue weighted by atomic mass is 10.1. The first kappa shape index (κ1) is 17.3. The van der Waals surface area contributed by atoms with Crippen LogP contribution in [0.5, 0.6) is 0 Å². The summed E-state index contributed by atoms with van der Waals surface area (Å²) in [5.74, 6) is -0.121. The topological polar surface area (TPSA) is 78.3 Å². The Bertz CT molecular complexity index is 526. The molecule has 134 valence electrons. The Morgan fingerprint density at radius 1 is 1.33 bits per heavy atom. The lowest BCUT2D eigenvalue weighted by Crippen LogP contribution is -2.44. The fourth-order valence-corrected chi connectivity index (χ4v) is 3.48. The molecular weight excluding hydrogens is 306 g/mol. The molecule has 0 aromatic carbocycles. The fraction of sp³-hybridized carbons (Fsp3) is 0.812. The van der Waals surface area contributed by atoms with Gasteiger partial charge < -0.3 is 15.5 Å². The summed E-state index contributed by atoms with van der Waals surface area (Å²) in [7, 11) is 2.16. The minimum absolute atomic E-state index is 0.121. The average Bonchev–Trinajstić information content (AvgIpc) is 3.23. The summed E-state index contributed by atoms with van der Waals surface area (Å²) in [4.78, 5) is 16.9. The second-order valence-corrected chi connectivity index (χ2v) is 6.78. The van der Waals surface area contributed by atoms with Crippen LogP contribution in [-0.2, 0) is 6.54 Å². The number of carbonyl (C=O) groups is 1. The van der Waals surface area contributed by atoms with E-state index in [-0.39, 0.29) is 5.91 Å². The minimum atomic E-state index is -0.121. The number of rotatable bonds is 7. The standard InChI is InChI=1S/C16H29N7O/c1-21-8-2-3-14(21)4-5-18-16(24)15-13-23(20-19-15)12-11-22-9-6-17-7-10-22/h13-14,17H,2-12H2,1H3,(H,18,24)/t14-/m1/s1. The van der Waals surface area contributed by atoms with Crippen LogP contribution in [0.25, 0.3) is 0 Å². The first-order valence-electron chi connectivity index (χ1n) is 9.04. The molecule has 0 bridgehead atoms. The number of amides is 1. The van der Waals surface area contributed by atoms with E-state index in [1.165, 1.54) is 19.4 Å². The summed E-state index contributed by atoms with van der Waals surface area (Å²) in [5.41, 5.74) is 0.412. The van der Waals surface area contributed by atoms with E-state index in [2.05, 4.69) is 37.8 Å². The van der Waals surface area contributed by atoms with E-state index in [0.29, 0.717) is 18.3 Å². The predicted octanol–water partition coefficient (Wildman–Crippen LogP) is -0.603. The molecule has 1 atom stereocenters. The summed E-state index contributed by atoms with van der Waals surface area (Å²) in [6, 6.07) is 0.597. The summed E-state index contributed by atoms with van der Waals surface area (Å²) in [6.45, 7) is 7.80. The van der Waals surface area contributed by atoms with Crippen LogP contribution in [0.1, 0.15) is 29.8 Å². The molecule has 2 aliphatic rings. The molecule has 0 aliphatic carbocycles. The fourth-order valence-electron chi connectivity index (χ4n) is 3.48. The second-order valence-electron chi connectivity index (χ2n) is 6.78.